The summed E-state index contributed by atoms with van der Waals surface area (Å²) in [7, 11) is -1.10. The lowest BCUT2D eigenvalue weighted by Gasteiger charge is -2.32. The van der Waals surface area contributed by atoms with Gasteiger partial charge < -0.3 is 9.64 Å². The number of hydrogen-bond acceptors (Lipinski definition) is 4. The van der Waals surface area contributed by atoms with Gasteiger partial charge in [0, 0.05) is 6.26 Å². The maximum atomic E-state index is 11.2. The molecule has 0 atom stereocenters. The summed E-state index contributed by atoms with van der Waals surface area (Å²) in [6, 6.07) is 8.25. The first-order valence-corrected chi connectivity index (χ1v) is 10.1. The van der Waals surface area contributed by atoms with Crippen molar-refractivity contribution in [3.05, 3.63) is 29.8 Å². The van der Waals surface area contributed by atoms with Gasteiger partial charge in [-0.3, -0.25) is 0 Å². The zero-order chi connectivity index (χ0) is 16.0. The van der Waals surface area contributed by atoms with Crippen LogP contribution in [0.25, 0.3) is 0 Å². The second-order valence-electron chi connectivity index (χ2n) is 6.28. The van der Waals surface area contributed by atoms with E-state index in [1.165, 1.54) is 24.7 Å². The van der Waals surface area contributed by atoms with Crippen LogP contribution in [0.1, 0.15) is 24.8 Å². The summed E-state index contributed by atoms with van der Waals surface area (Å²) in [5, 5.41) is 0. The third-order valence-electron chi connectivity index (χ3n) is 4.40. The van der Waals surface area contributed by atoms with Crippen LogP contribution < -0.4 is 4.74 Å². The predicted octanol–water partition coefficient (Wildman–Crippen LogP) is 2.38. The molecule has 0 unspecified atom stereocenters. The Hall–Kier alpha value is -1.07. The molecule has 0 aromatic heterocycles. The van der Waals surface area contributed by atoms with Crippen molar-refractivity contribution in [2.75, 3.05) is 38.8 Å². The van der Waals surface area contributed by atoms with Crippen molar-refractivity contribution < 1.29 is 13.2 Å². The first-order valence-electron chi connectivity index (χ1n) is 8.00. The van der Waals surface area contributed by atoms with Crippen LogP contribution in [0.4, 0.5) is 0 Å². The van der Waals surface area contributed by atoms with Gasteiger partial charge in [-0.15, -0.1) is 0 Å². The van der Waals surface area contributed by atoms with Crippen LogP contribution in [0.2, 0.25) is 0 Å². The average molecular weight is 325 g/mol. The summed E-state index contributed by atoms with van der Waals surface area (Å²) in [4.78, 5) is 2.39. The SMILES string of the molecule is COc1ccccc1CC1CCN(CCCS(C)(=O)=O)CC1. The fourth-order valence-electron chi connectivity index (χ4n) is 3.15. The van der Waals surface area contributed by atoms with Gasteiger partial charge in [0.05, 0.1) is 12.9 Å². The molecule has 1 aromatic carbocycles. The highest BCUT2D eigenvalue weighted by Crippen LogP contribution is 2.26. The van der Waals surface area contributed by atoms with Crippen molar-refractivity contribution in [3.63, 3.8) is 0 Å². The first kappa shape index (κ1) is 17.3. The highest BCUT2D eigenvalue weighted by atomic mass is 32.2. The van der Waals surface area contributed by atoms with Crippen molar-refractivity contribution >= 4 is 9.84 Å². The molecule has 5 heteroatoms. The molecule has 22 heavy (non-hydrogen) atoms. The number of hydrogen-bond donors (Lipinski definition) is 0. The lowest BCUT2D eigenvalue weighted by Crippen LogP contribution is -2.35. The van der Waals surface area contributed by atoms with E-state index in [9.17, 15) is 8.42 Å². The number of sulfone groups is 1. The van der Waals surface area contributed by atoms with Gasteiger partial charge in [0.1, 0.15) is 15.6 Å². The number of likely N-dealkylation sites (tertiary alicyclic amines) is 1. The van der Waals surface area contributed by atoms with Gasteiger partial charge in [0.15, 0.2) is 0 Å². The maximum absolute atomic E-state index is 11.2. The van der Waals surface area contributed by atoms with Gasteiger partial charge in [-0.25, -0.2) is 8.42 Å². The summed E-state index contributed by atoms with van der Waals surface area (Å²) in [6.07, 6.45) is 5.48. The quantitative estimate of drug-likeness (QED) is 0.772. The Kier molecular flexibility index (Phi) is 6.26. The van der Waals surface area contributed by atoms with Crippen LogP contribution in [0.15, 0.2) is 24.3 Å². The van der Waals surface area contributed by atoms with E-state index in [1.807, 2.05) is 12.1 Å². The number of piperidine rings is 1. The maximum Gasteiger partial charge on any atom is 0.147 e. The molecule has 0 N–H and O–H groups in total. The molecular formula is C17H27NO3S. The molecule has 2 rings (SSSR count). The van der Waals surface area contributed by atoms with E-state index in [0.717, 1.165) is 38.2 Å². The number of nitrogens with zero attached hydrogens (tertiary/aromatic N) is 1. The van der Waals surface area contributed by atoms with Gasteiger partial charge in [0.2, 0.25) is 0 Å². The Balaban J connectivity index is 1.75. The highest BCUT2D eigenvalue weighted by molar-refractivity contribution is 7.90. The van der Waals surface area contributed by atoms with Crippen molar-refractivity contribution in [3.8, 4) is 5.75 Å². The molecule has 1 aliphatic rings. The van der Waals surface area contributed by atoms with Crippen LogP contribution in [-0.4, -0.2) is 52.1 Å². The molecule has 0 bridgehead atoms. The Morgan fingerprint density at radius 1 is 1.23 bits per heavy atom. The second-order valence-corrected chi connectivity index (χ2v) is 8.54. The minimum Gasteiger partial charge on any atom is -0.496 e. The molecule has 1 aromatic rings. The lowest BCUT2D eigenvalue weighted by molar-refractivity contribution is 0.184. The Labute approximate surface area is 134 Å². The van der Waals surface area contributed by atoms with Crippen LogP contribution in [0.3, 0.4) is 0 Å². The van der Waals surface area contributed by atoms with Crippen LogP contribution in [-0.2, 0) is 16.3 Å². The fraction of sp³-hybridized carbons (Fsp3) is 0.647. The molecule has 0 saturated carbocycles. The normalized spacial score (nSPS) is 17.5. The Morgan fingerprint density at radius 2 is 1.91 bits per heavy atom. The number of methoxy groups -OCH3 is 1. The van der Waals surface area contributed by atoms with Crippen LogP contribution >= 0.6 is 0 Å². The van der Waals surface area contributed by atoms with Crippen molar-refractivity contribution in [1.29, 1.82) is 0 Å². The van der Waals surface area contributed by atoms with Crippen molar-refractivity contribution in [2.45, 2.75) is 25.7 Å². The predicted molar refractivity (Wildman–Crippen MR) is 90.2 cm³/mol. The summed E-state index contributed by atoms with van der Waals surface area (Å²) in [5.74, 6) is 1.98. The summed E-state index contributed by atoms with van der Waals surface area (Å²) < 4.78 is 27.7. The molecule has 0 aliphatic carbocycles. The molecule has 1 heterocycles. The zero-order valence-electron chi connectivity index (χ0n) is 13.6. The van der Waals surface area contributed by atoms with Gasteiger partial charge in [-0.05, 0) is 62.9 Å². The monoisotopic (exact) mass is 325 g/mol. The third-order valence-corrected chi connectivity index (χ3v) is 5.43. The number of ether oxygens (including phenoxy) is 1. The molecule has 0 radical (unpaired) electrons. The number of para-hydroxylation sites is 1. The van der Waals surface area contributed by atoms with Gasteiger partial charge in [-0.1, -0.05) is 18.2 Å². The second kappa shape index (κ2) is 7.97. The standard InChI is InChI=1S/C17H27NO3S/c1-21-17-7-4-3-6-16(17)14-15-8-11-18(12-9-15)10-5-13-22(2,19)20/h3-4,6-7,15H,5,8-14H2,1-2H3. The smallest absolute Gasteiger partial charge is 0.147 e. The average Bonchev–Trinajstić information content (AvgIpc) is 2.48. The van der Waals surface area contributed by atoms with Crippen LogP contribution in [0, 0.1) is 5.92 Å². The van der Waals surface area contributed by atoms with Crippen LogP contribution in [0.5, 0.6) is 5.75 Å². The summed E-state index contributed by atoms with van der Waals surface area (Å²) in [6.45, 7) is 3.04. The lowest BCUT2D eigenvalue weighted by atomic mass is 9.90. The van der Waals surface area contributed by atoms with Crippen molar-refractivity contribution in [2.24, 2.45) is 5.92 Å². The topological polar surface area (TPSA) is 46.6 Å². The number of rotatable bonds is 7. The highest BCUT2D eigenvalue weighted by Gasteiger charge is 2.20. The summed E-state index contributed by atoms with van der Waals surface area (Å²) >= 11 is 0. The van der Waals surface area contributed by atoms with E-state index in [-0.39, 0.29) is 0 Å². The molecule has 1 saturated heterocycles. The van der Waals surface area contributed by atoms with Crippen molar-refractivity contribution in [1.82, 2.24) is 4.90 Å². The number of benzene rings is 1. The summed E-state index contributed by atoms with van der Waals surface area (Å²) in [5.41, 5.74) is 1.29. The molecule has 1 aliphatic heterocycles. The van der Waals surface area contributed by atoms with E-state index in [0.29, 0.717) is 11.7 Å². The molecule has 4 nitrogen and oxygen atoms in total. The molecular weight excluding hydrogens is 298 g/mol. The molecule has 1 fully saturated rings. The minimum absolute atomic E-state index is 0.300. The Morgan fingerprint density at radius 3 is 2.55 bits per heavy atom. The van der Waals surface area contributed by atoms with Gasteiger partial charge in [0.25, 0.3) is 0 Å². The van der Waals surface area contributed by atoms with E-state index in [2.05, 4.69) is 17.0 Å². The fourth-order valence-corrected chi connectivity index (χ4v) is 3.80. The molecule has 0 spiro atoms. The van der Waals surface area contributed by atoms with E-state index >= 15 is 0 Å². The van der Waals surface area contributed by atoms with E-state index in [1.54, 1.807) is 7.11 Å². The Bertz CT molecular complexity index is 563. The van der Waals surface area contributed by atoms with E-state index in [4.69, 9.17) is 4.74 Å². The van der Waals surface area contributed by atoms with Gasteiger partial charge >= 0.3 is 0 Å². The van der Waals surface area contributed by atoms with Gasteiger partial charge in [-0.2, -0.15) is 0 Å². The minimum atomic E-state index is -2.82. The molecule has 124 valence electrons. The molecule has 0 amide bonds. The largest absolute Gasteiger partial charge is 0.496 e. The first-order chi connectivity index (χ1) is 10.5. The zero-order valence-corrected chi connectivity index (χ0v) is 14.4. The van der Waals surface area contributed by atoms with E-state index < -0.39 is 9.84 Å². The third kappa shape index (κ3) is 5.61.